The minimum Gasteiger partial charge on any atom is -0.396 e. The second kappa shape index (κ2) is 7.98. The Morgan fingerprint density at radius 1 is 1.36 bits per heavy atom. The largest absolute Gasteiger partial charge is 0.396 e. The van der Waals surface area contributed by atoms with E-state index in [-0.39, 0.29) is 18.6 Å². The topological polar surface area (TPSA) is 49.3 Å². The molecule has 1 aromatic carbocycles. The van der Waals surface area contributed by atoms with E-state index in [0.29, 0.717) is 11.4 Å². The number of hydrogen-bond donors (Lipinski definition) is 2. The Hall–Kier alpha value is -1.06. The first-order chi connectivity index (χ1) is 10.6. The zero-order chi connectivity index (χ0) is 16.0. The van der Waals surface area contributed by atoms with Gasteiger partial charge in [-0.3, -0.25) is 4.79 Å². The van der Waals surface area contributed by atoms with E-state index in [2.05, 4.69) is 5.32 Å². The highest BCUT2D eigenvalue weighted by Gasteiger charge is 2.41. The SMILES string of the molecule is CC(CCCO)NC(=O)C1(c2cccc(Cl)c2)CCCCC1. The molecule has 0 heterocycles. The smallest absolute Gasteiger partial charge is 0.230 e. The number of hydrogen-bond acceptors (Lipinski definition) is 2. The summed E-state index contributed by atoms with van der Waals surface area (Å²) in [5.74, 6) is 0.111. The molecule has 22 heavy (non-hydrogen) atoms. The Morgan fingerprint density at radius 2 is 2.09 bits per heavy atom. The van der Waals surface area contributed by atoms with Crippen molar-refractivity contribution in [1.82, 2.24) is 5.32 Å². The van der Waals surface area contributed by atoms with Gasteiger partial charge in [0.2, 0.25) is 5.91 Å². The molecule has 1 atom stereocenters. The van der Waals surface area contributed by atoms with Crippen LogP contribution in [0.1, 0.15) is 57.4 Å². The first-order valence-electron chi connectivity index (χ1n) is 8.26. The van der Waals surface area contributed by atoms with Crippen molar-refractivity contribution in [2.45, 2.75) is 63.3 Å². The van der Waals surface area contributed by atoms with Gasteiger partial charge in [-0.1, -0.05) is 43.0 Å². The Kier molecular flexibility index (Phi) is 6.27. The first kappa shape index (κ1) is 17.3. The van der Waals surface area contributed by atoms with Crippen LogP contribution in [0.4, 0.5) is 0 Å². The van der Waals surface area contributed by atoms with Crippen molar-refractivity contribution in [2.24, 2.45) is 0 Å². The molecule has 2 rings (SSSR count). The van der Waals surface area contributed by atoms with Crippen molar-refractivity contribution in [3.05, 3.63) is 34.9 Å². The zero-order valence-electron chi connectivity index (χ0n) is 13.3. The molecule has 1 aromatic rings. The summed E-state index contributed by atoms with van der Waals surface area (Å²) in [4.78, 5) is 13.0. The van der Waals surface area contributed by atoms with Gasteiger partial charge in [-0.05, 0) is 50.3 Å². The van der Waals surface area contributed by atoms with Crippen LogP contribution in [0.25, 0.3) is 0 Å². The number of nitrogens with one attached hydrogen (secondary N) is 1. The Balaban J connectivity index is 2.20. The highest BCUT2D eigenvalue weighted by molar-refractivity contribution is 6.30. The second-order valence-electron chi connectivity index (χ2n) is 6.39. The van der Waals surface area contributed by atoms with Gasteiger partial charge in [-0.2, -0.15) is 0 Å². The molecular weight excluding hydrogens is 298 g/mol. The summed E-state index contributed by atoms with van der Waals surface area (Å²) in [6.45, 7) is 2.17. The number of benzene rings is 1. The standard InChI is InChI=1S/C18H26ClNO2/c1-14(7-6-12-21)20-17(22)18(10-3-2-4-11-18)15-8-5-9-16(19)13-15/h5,8-9,13-14,21H,2-4,6-7,10-12H2,1H3,(H,20,22). The van der Waals surface area contributed by atoms with Crippen molar-refractivity contribution >= 4 is 17.5 Å². The maximum atomic E-state index is 13.0. The van der Waals surface area contributed by atoms with Crippen LogP contribution in [0.3, 0.4) is 0 Å². The predicted molar refractivity (Wildman–Crippen MR) is 90.1 cm³/mol. The summed E-state index contributed by atoms with van der Waals surface area (Å²) < 4.78 is 0. The lowest BCUT2D eigenvalue weighted by atomic mass is 9.68. The van der Waals surface area contributed by atoms with Crippen molar-refractivity contribution < 1.29 is 9.90 Å². The first-order valence-corrected chi connectivity index (χ1v) is 8.64. The van der Waals surface area contributed by atoms with Gasteiger partial charge >= 0.3 is 0 Å². The molecule has 1 fully saturated rings. The van der Waals surface area contributed by atoms with Gasteiger partial charge in [-0.25, -0.2) is 0 Å². The summed E-state index contributed by atoms with van der Waals surface area (Å²) in [6.07, 6.45) is 6.61. The highest BCUT2D eigenvalue weighted by atomic mass is 35.5. The molecule has 1 aliphatic rings. The number of halogens is 1. The third-order valence-electron chi connectivity index (χ3n) is 4.69. The molecule has 122 valence electrons. The van der Waals surface area contributed by atoms with Crippen LogP contribution in [0.15, 0.2) is 24.3 Å². The maximum absolute atomic E-state index is 13.0. The molecule has 1 unspecified atom stereocenters. The molecule has 0 aliphatic heterocycles. The van der Waals surface area contributed by atoms with Crippen molar-refractivity contribution in [1.29, 1.82) is 0 Å². The lowest BCUT2D eigenvalue weighted by molar-refractivity contribution is -0.128. The van der Waals surface area contributed by atoms with Gasteiger partial charge < -0.3 is 10.4 Å². The summed E-state index contributed by atoms with van der Waals surface area (Å²) in [5, 5.41) is 12.8. The Labute approximate surface area is 138 Å². The molecule has 1 aliphatic carbocycles. The van der Waals surface area contributed by atoms with E-state index in [1.165, 1.54) is 6.42 Å². The number of carbonyl (C=O) groups excluding carboxylic acids is 1. The van der Waals surface area contributed by atoms with Crippen LogP contribution in [0.5, 0.6) is 0 Å². The molecule has 3 nitrogen and oxygen atoms in total. The number of carbonyl (C=O) groups is 1. The molecule has 1 saturated carbocycles. The van der Waals surface area contributed by atoms with Crippen LogP contribution in [0.2, 0.25) is 5.02 Å². The van der Waals surface area contributed by atoms with Crippen LogP contribution < -0.4 is 5.32 Å². The summed E-state index contributed by atoms with van der Waals surface area (Å²) in [6, 6.07) is 7.82. The van der Waals surface area contributed by atoms with Gasteiger partial charge in [0, 0.05) is 17.7 Å². The van der Waals surface area contributed by atoms with Crippen LogP contribution in [-0.4, -0.2) is 23.7 Å². The molecule has 4 heteroatoms. The third-order valence-corrected chi connectivity index (χ3v) is 4.93. The Morgan fingerprint density at radius 3 is 2.73 bits per heavy atom. The Bertz CT molecular complexity index is 498. The number of aliphatic hydroxyl groups is 1. The van der Waals surface area contributed by atoms with Gasteiger partial charge in [-0.15, -0.1) is 0 Å². The van der Waals surface area contributed by atoms with Gasteiger partial charge in [0.05, 0.1) is 5.41 Å². The molecule has 2 N–H and O–H groups in total. The average Bonchev–Trinajstić information content (AvgIpc) is 2.53. The van der Waals surface area contributed by atoms with E-state index < -0.39 is 5.41 Å². The predicted octanol–water partition coefficient (Wildman–Crippen LogP) is 3.82. The highest BCUT2D eigenvalue weighted by Crippen LogP contribution is 2.40. The van der Waals surface area contributed by atoms with Crippen LogP contribution in [-0.2, 0) is 10.2 Å². The van der Waals surface area contributed by atoms with Crippen LogP contribution in [0, 0.1) is 0 Å². The number of aliphatic hydroxyl groups excluding tert-OH is 1. The molecule has 0 aromatic heterocycles. The minimum absolute atomic E-state index is 0.0811. The second-order valence-corrected chi connectivity index (χ2v) is 6.83. The summed E-state index contributed by atoms with van der Waals surface area (Å²) >= 11 is 6.15. The van der Waals surface area contributed by atoms with E-state index in [9.17, 15) is 4.79 Å². The molecule has 1 amide bonds. The fourth-order valence-corrected chi connectivity index (χ4v) is 3.61. The summed E-state index contributed by atoms with van der Waals surface area (Å²) in [7, 11) is 0. The quantitative estimate of drug-likeness (QED) is 0.836. The monoisotopic (exact) mass is 323 g/mol. The fourth-order valence-electron chi connectivity index (χ4n) is 3.42. The molecular formula is C18H26ClNO2. The molecule has 0 spiro atoms. The van der Waals surface area contributed by atoms with Gasteiger partial charge in [0.1, 0.15) is 0 Å². The van der Waals surface area contributed by atoms with Crippen molar-refractivity contribution in [3.63, 3.8) is 0 Å². The van der Waals surface area contributed by atoms with E-state index in [4.69, 9.17) is 16.7 Å². The van der Waals surface area contributed by atoms with E-state index in [0.717, 1.165) is 37.7 Å². The third kappa shape index (κ3) is 4.02. The maximum Gasteiger partial charge on any atom is 0.230 e. The van der Waals surface area contributed by atoms with Gasteiger partial charge in [0.15, 0.2) is 0 Å². The minimum atomic E-state index is -0.448. The number of amides is 1. The van der Waals surface area contributed by atoms with Crippen molar-refractivity contribution in [2.75, 3.05) is 6.61 Å². The van der Waals surface area contributed by atoms with E-state index >= 15 is 0 Å². The van der Waals surface area contributed by atoms with Crippen molar-refractivity contribution in [3.8, 4) is 0 Å². The molecule has 0 bridgehead atoms. The van der Waals surface area contributed by atoms with E-state index in [1.54, 1.807) is 0 Å². The average molecular weight is 324 g/mol. The zero-order valence-corrected chi connectivity index (χ0v) is 14.0. The fraction of sp³-hybridized carbons (Fsp3) is 0.611. The van der Waals surface area contributed by atoms with Crippen LogP contribution >= 0.6 is 11.6 Å². The van der Waals surface area contributed by atoms with Gasteiger partial charge in [0.25, 0.3) is 0 Å². The lowest BCUT2D eigenvalue weighted by Crippen LogP contribution is -2.48. The summed E-state index contributed by atoms with van der Waals surface area (Å²) in [5.41, 5.74) is 0.586. The molecule has 0 radical (unpaired) electrons. The lowest BCUT2D eigenvalue weighted by Gasteiger charge is -2.37. The van der Waals surface area contributed by atoms with E-state index in [1.807, 2.05) is 31.2 Å². The normalized spacial score (nSPS) is 18.7. The number of rotatable bonds is 6. The molecule has 0 saturated heterocycles.